The third kappa shape index (κ3) is 3.30. The van der Waals surface area contributed by atoms with Crippen molar-refractivity contribution in [1.29, 1.82) is 0 Å². The van der Waals surface area contributed by atoms with Gasteiger partial charge in [0.2, 0.25) is 0 Å². The standard InChI is InChI=1S/C11H15F3N2O3/c12-11(13,14)8-5-16(4-7(8)9(17)18)10(19)15-3-6-1-2-6/h6-8H,1-5H2,(H,15,19)(H,17,18)/t7-,8-/m1/s1. The molecule has 2 amide bonds. The summed E-state index contributed by atoms with van der Waals surface area (Å²) in [4.78, 5) is 23.5. The molecule has 0 aromatic heterocycles. The van der Waals surface area contributed by atoms with Gasteiger partial charge in [0.25, 0.3) is 0 Å². The second-order valence-electron chi connectivity index (χ2n) is 5.13. The molecule has 1 saturated heterocycles. The van der Waals surface area contributed by atoms with Crippen LogP contribution in [-0.4, -0.2) is 47.8 Å². The third-order valence-corrected chi connectivity index (χ3v) is 3.58. The molecule has 2 aliphatic rings. The summed E-state index contributed by atoms with van der Waals surface area (Å²) < 4.78 is 38.1. The van der Waals surface area contributed by atoms with Crippen molar-refractivity contribution in [2.45, 2.75) is 19.0 Å². The Morgan fingerprint density at radius 3 is 2.32 bits per heavy atom. The van der Waals surface area contributed by atoms with Crippen LogP contribution >= 0.6 is 0 Å². The molecule has 0 aromatic carbocycles. The van der Waals surface area contributed by atoms with E-state index in [9.17, 15) is 22.8 Å². The topological polar surface area (TPSA) is 69.6 Å². The van der Waals surface area contributed by atoms with Gasteiger partial charge in [0.1, 0.15) is 0 Å². The Morgan fingerprint density at radius 2 is 1.89 bits per heavy atom. The minimum Gasteiger partial charge on any atom is -0.481 e. The molecule has 0 bridgehead atoms. The van der Waals surface area contributed by atoms with Crippen LogP contribution < -0.4 is 5.32 Å². The lowest BCUT2D eigenvalue weighted by atomic mass is 9.96. The molecule has 19 heavy (non-hydrogen) atoms. The lowest BCUT2D eigenvalue weighted by Gasteiger charge is -2.18. The average Bonchev–Trinajstić information content (AvgIpc) is 2.99. The molecule has 0 aromatic rings. The van der Waals surface area contributed by atoms with Crippen molar-refractivity contribution in [3.63, 3.8) is 0 Å². The smallest absolute Gasteiger partial charge is 0.394 e. The van der Waals surface area contributed by atoms with Gasteiger partial charge >= 0.3 is 18.2 Å². The second-order valence-corrected chi connectivity index (χ2v) is 5.13. The van der Waals surface area contributed by atoms with Gasteiger partial charge in [0, 0.05) is 19.6 Å². The summed E-state index contributed by atoms with van der Waals surface area (Å²) >= 11 is 0. The SMILES string of the molecule is O=C(O)[C@@H]1CN(C(=O)NCC2CC2)C[C@H]1C(F)(F)F. The Labute approximate surface area is 107 Å². The number of amides is 2. The number of hydrogen-bond acceptors (Lipinski definition) is 2. The summed E-state index contributed by atoms with van der Waals surface area (Å²) in [5, 5.41) is 11.4. The van der Waals surface area contributed by atoms with Gasteiger partial charge in [-0.3, -0.25) is 4.79 Å². The molecule has 2 rings (SSSR count). The first-order valence-corrected chi connectivity index (χ1v) is 6.11. The number of carboxylic acid groups (broad SMARTS) is 1. The molecule has 0 spiro atoms. The van der Waals surface area contributed by atoms with Crippen LogP contribution in [0.15, 0.2) is 0 Å². The summed E-state index contributed by atoms with van der Waals surface area (Å²) in [6, 6.07) is -0.607. The number of carboxylic acids is 1. The first kappa shape index (κ1) is 14.0. The summed E-state index contributed by atoms with van der Waals surface area (Å²) in [5.74, 6) is -4.66. The van der Waals surface area contributed by atoms with Crippen molar-refractivity contribution in [3.05, 3.63) is 0 Å². The minimum absolute atomic E-state index is 0.393. The maximum absolute atomic E-state index is 12.7. The summed E-state index contributed by atoms with van der Waals surface area (Å²) in [6.07, 6.45) is -2.57. The highest BCUT2D eigenvalue weighted by molar-refractivity contribution is 5.77. The van der Waals surface area contributed by atoms with E-state index >= 15 is 0 Å². The second kappa shape index (κ2) is 4.90. The van der Waals surface area contributed by atoms with E-state index in [2.05, 4.69) is 5.32 Å². The number of carbonyl (C=O) groups is 2. The lowest BCUT2D eigenvalue weighted by Crippen LogP contribution is -2.40. The summed E-state index contributed by atoms with van der Waals surface area (Å²) in [6.45, 7) is -0.531. The van der Waals surface area contributed by atoms with Crippen molar-refractivity contribution in [1.82, 2.24) is 10.2 Å². The zero-order valence-corrected chi connectivity index (χ0v) is 10.1. The Morgan fingerprint density at radius 1 is 1.26 bits per heavy atom. The maximum atomic E-state index is 12.7. The number of aliphatic carboxylic acids is 1. The zero-order valence-electron chi connectivity index (χ0n) is 10.1. The number of halogens is 3. The summed E-state index contributed by atoms with van der Waals surface area (Å²) in [5.41, 5.74) is 0. The molecule has 2 N–H and O–H groups in total. The van der Waals surface area contributed by atoms with E-state index in [4.69, 9.17) is 5.11 Å². The van der Waals surface area contributed by atoms with Gasteiger partial charge in [-0.1, -0.05) is 0 Å². The Kier molecular flexibility index (Phi) is 3.60. The number of hydrogen-bond donors (Lipinski definition) is 2. The number of urea groups is 1. The van der Waals surface area contributed by atoms with Crippen molar-refractivity contribution in [3.8, 4) is 0 Å². The van der Waals surface area contributed by atoms with Crippen LogP contribution in [0.5, 0.6) is 0 Å². The molecule has 0 radical (unpaired) electrons. The fraction of sp³-hybridized carbons (Fsp3) is 0.818. The van der Waals surface area contributed by atoms with E-state index in [1.807, 2.05) is 0 Å². The fourth-order valence-electron chi connectivity index (χ4n) is 2.22. The highest BCUT2D eigenvalue weighted by Gasteiger charge is 2.53. The zero-order chi connectivity index (χ0) is 14.2. The lowest BCUT2D eigenvalue weighted by molar-refractivity contribution is -0.187. The van der Waals surface area contributed by atoms with Gasteiger partial charge in [-0.25, -0.2) is 4.79 Å². The first-order chi connectivity index (χ1) is 8.79. The van der Waals surface area contributed by atoms with Crippen LogP contribution in [0.2, 0.25) is 0 Å². The van der Waals surface area contributed by atoms with E-state index in [0.29, 0.717) is 12.5 Å². The molecule has 1 aliphatic carbocycles. The van der Waals surface area contributed by atoms with Gasteiger partial charge < -0.3 is 15.3 Å². The maximum Gasteiger partial charge on any atom is 0.394 e. The quantitative estimate of drug-likeness (QED) is 0.818. The van der Waals surface area contributed by atoms with Gasteiger partial charge in [-0.15, -0.1) is 0 Å². The third-order valence-electron chi connectivity index (χ3n) is 3.58. The van der Waals surface area contributed by atoms with Gasteiger partial charge in [0.05, 0.1) is 11.8 Å². The molecular formula is C11H15F3N2O3. The van der Waals surface area contributed by atoms with Crippen LogP contribution in [-0.2, 0) is 4.79 Å². The molecule has 5 nitrogen and oxygen atoms in total. The van der Waals surface area contributed by atoms with Crippen molar-refractivity contribution >= 4 is 12.0 Å². The van der Waals surface area contributed by atoms with Crippen molar-refractivity contribution in [2.24, 2.45) is 17.8 Å². The van der Waals surface area contributed by atoms with Gasteiger partial charge in [-0.05, 0) is 18.8 Å². The molecule has 1 heterocycles. The molecular weight excluding hydrogens is 265 g/mol. The fourth-order valence-corrected chi connectivity index (χ4v) is 2.22. The predicted molar refractivity (Wildman–Crippen MR) is 58.4 cm³/mol. The van der Waals surface area contributed by atoms with Crippen LogP contribution in [0.3, 0.4) is 0 Å². The van der Waals surface area contributed by atoms with Crippen molar-refractivity contribution < 1.29 is 27.9 Å². The van der Waals surface area contributed by atoms with Crippen LogP contribution in [0.25, 0.3) is 0 Å². The minimum atomic E-state index is -4.60. The van der Waals surface area contributed by atoms with Crippen LogP contribution in [0.4, 0.5) is 18.0 Å². The van der Waals surface area contributed by atoms with Crippen molar-refractivity contribution in [2.75, 3.05) is 19.6 Å². The monoisotopic (exact) mass is 280 g/mol. The summed E-state index contributed by atoms with van der Waals surface area (Å²) in [7, 11) is 0. The predicted octanol–water partition coefficient (Wildman–Crippen LogP) is 1.30. The van der Waals surface area contributed by atoms with E-state index in [1.165, 1.54) is 0 Å². The average molecular weight is 280 g/mol. The largest absolute Gasteiger partial charge is 0.481 e. The number of likely N-dealkylation sites (tertiary alicyclic amines) is 1. The molecule has 1 aliphatic heterocycles. The highest BCUT2D eigenvalue weighted by atomic mass is 19.4. The Bertz CT molecular complexity index is 382. The van der Waals surface area contributed by atoms with E-state index in [0.717, 1.165) is 17.7 Å². The first-order valence-electron chi connectivity index (χ1n) is 6.11. The number of alkyl halides is 3. The molecule has 2 fully saturated rings. The van der Waals surface area contributed by atoms with Gasteiger partial charge in [-0.2, -0.15) is 13.2 Å². The van der Waals surface area contributed by atoms with Crippen LogP contribution in [0, 0.1) is 17.8 Å². The molecule has 8 heteroatoms. The number of rotatable bonds is 3. The van der Waals surface area contributed by atoms with Gasteiger partial charge in [0.15, 0.2) is 0 Å². The van der Waals surface area contributed by atoms with E-state index in [1.54, 1.807) is 0 Å². The molecule has 1 saturated carbocycles. The van der Waals surface area contributed by atoms with E-state index < -0.39 is 43.1 Å². The molecule has 2 atom stereocenters. The Hall–Kier alpha value is -1.47. The number of carbonyl (C=O) groups excluding carboxylic acids is 1. The normalized spacial score (nSPS) is 27.4. The number of nitrogens with one attached hydrogen (secondary N) is 1. The molecule has 108 valence electrons. The van der Waals surface area contributed by atoms with Crippen LogP contribution in [0.1, 0.15) is 12.8 Å². The highest BCUT2D eigenvalue weighted by Crippen LogP contribution is 2.37. The number of nitrogens with zero attached hydrogens (tertiary/aromatic N) is 1. The molecule has 0 unspecified atom stereocenters. The Balaban J connectivity index is 1.96. The van der Waals surface area contributed by atoms with E-state index in [-0.39, 0.29) is 0 Å².